The highest BCUT2D eigenvalue weighted by molar-refractivity contribution is 7.89. The highest BCUT2D eigenvalue weighted by atomic mass is 32.2. The summed E-state index contributed by atoms with van der Waals surface area (Å²) in [5, 5.41) is 8.85. The van der Waals surface area contributed by atoms with Crippen LogP contribution in [0.4, 0.5) is 0 Å². The molecule has 6 nitrogen and oxygen atoms in total. The molecule has 21 heavy (non-hydrogen) atoms. The van der Waals surface area contributed by atoms with E-state index in [9.17, 15) is 13.2 Å². The molecule has 0 atom stereocenters. The Hall–Kier alpha value is -1.91. The van der Waals surface area contributed by atoms with E-state index >= 15 is 0 Å². The van der Waals surface area contributed by atoms with Gasteiger partial charge in [0, 0.05) is 13.1 Å². The highest BCUT2D eigenvalue weighted by Gasteiger charge is 2.20. The normalized spacial score (nSPS) is 11.0. The predicted octanol–water partition coefficient (Wildman–Crippen LogP) is 1.01. The number of likely N-dealkylation sites (N-methyl/N-ethyl adjacent to an activating group) is 1. The molecule has 7 heteroatoms. The quantitative estimate of drug-likeness (QED) is 0.849. The molecule has 1 aromatic carbocycles. The lowest BCUT2D eigenvalue weighted by molar-refractivity contribution is -0.129. The van der Waals surface area contributed by atoms with Gasteiger partial charge in [-0.1, -0.05) is 6.07 Å². The Bertz CT molecular complexity index is 659. The first-order valence-corrected chi connectivity index (χ1v) is 8.12. The fraction of sp³-hybridized carbons (Fsp3) is 0.429. The molecule has 1 amide bonds. The Balaban J connectivity index is 2.93. The summed E-state index contributed by atoms with van der Waals surface area (Å²) in [6.07, 6.45) is 0. The fourth-order valence-electron chi connectivity index (χ4n) is 1.88. The van der Waals surface area contributed by atoms with Gasteiger partial charge in [0.15, 0.2) is 0 Å². The van der Waals surface area contributed by atoms with Crippen molar-refractivity contribution in [3.05, 3.63) is 29.3 Å². The molecular formula is C14H19N3O3S. The molecule has 0 bridgehead atoms. The number of nitrogens with zero attached hydrogens (tertiary/aromatic N) is 2. The minimum absolute atomic E-state index is 0.0221. The number of nitriles is 1. The van der Waals surface area contributed by atoms with Crippen LogP contribution >= 0.6 is 0 Å². The van der Waals surface area contributed by atoms with E-state index in [0.717, 1.165) is 0 Å². The van der Waals surface area contributed by atoms with Crippen LogP contribution in [0.3, 0.4) is 0 Å². The second-order valence-corrected chi connectivity index (χ2v) is 6.22. The van der Waals surface area contributed by atoms with E-state index in [4.69, 9.17) is 5.26 Å². The molecule has 1 rings (SSSR count). The average molecular weight is 309 g/mol. The molecular weight excluding hydrogens is 290 g/mol. The lowest BCUT2D eigenvalue weighted by atomic mass is 10.2. The highest BCUT2D eigenvalue weighted by Crippen LogP contribution is 2.16. The molecule has 0 fully saturated rings. The molecule has 114 valence electrons. The number of aryl methyl sites for hydroxylation is 1. The van der Waals surface area contributed by atoms with Gasteiger partial charge in [-0.3, -0.25) is 4.79 Å². The van der Waals surface area contributed by atoms with E-state index in [-0.39, 0.29) is 22.9 Å². The summed E-state index contributed by atoms with van der Waals surface area (Å²) in [7, 11) is -3.82. The van der Waals surface area contributed by atoms with Crippen molar-refractivity contribution in [1.82, 2.24) is 9.62 Å². The van der Waals surface area contributed by atoms with Crippen molar-refractivity contribution in [3.8, 4) is 6.07 Å². The van der Waals surface area contributed by atoms with Crippen molar-refractivity contribution in [2.24, 2.45) is 0 Å². The van der Waals surface area contributed by atoms with Gasteiger partial charge in [0.1, 0.15) is 0 Å². The summed E-state index contributed by atoms with van der Waals surface area (Å²) in [5.74, 6) is -0.280. The molecule has 0 heterocycles. The van der Waals surface area contributed by atoms with Crippen LogP contribution in [0.15, 0.2) is 23.1 Å². The van der Waals surface area contributed by atoms with Crippen molar-refractivity contribution >= 4 is 15.9 Å². The molecule has 1 aromatic rings. The Kier molecular flexibility index (Phi) is 5.88. The zero-order valence-electron chi connectivity index (χ0n) is 12.4. The lowest BCUT2D eigenvalue weighted by Gasteiger charge is -2.19. The maximum Gasteiger partial charge on any atom is 0.241 e. The summed E-state index contributed by atoms with van der Waals surface area (Å²) in [6.45, 7) is 6.06. The van der Waals surface area contributed by atoms with Crippen molar-refractivity contribution in [3.63, 3.8) is 0 Å². The van der Waals surface area contributed by atoms with Crippen molar-refractivity contribution in [1.29, 1.82) is 5.26 Å². The summed E-state index contributed by atoms with van der Waals surface area (Å²) in [5.41, 5.74) is 0.785. The van der Waals surface area contributed by atoms with Crippen LogP contribution in [0.1, 0.15) is 25.0 Å². The summed E-state index contributed by atoms with van der Waals surface area (Å²) < 4.78 is 26.8. The van der Waals surface area contributed by atoms with E-state index in [0.29, 0.717) is 18.7 Å². The van der Waals surface area contributed by atoms with Crippen molar-refractivity contribution in [2.75, 3.05) is 19.6 Å². The second kappa shape index (κ2) is 7.20. The standard InChI is InChI=1S/C14H19N3O3S/c1-4-17(5-2)14(18)10-16-21(19,20)13-8-12(9-15)7-6-11(13)3/h6-8,16H,4-5,10H2,1-3H3. The maximum absolute atomic E-state index is 12.2. The van der Waals surface area contributed by atoms with Crippen LogP contribution in [-0.4, -0.2) is 38.9 Å². The molecule has 0 radical (unpaired) electrons. The third-order valence-electron chi connectivity index (χ3n) is 3.14. The number of nitrogens with one attached hydrogen (secondary N) is 1. The van der Waals surface area contributed by atoms with E-state index in [2.05, 4.69) is 4.72 Å². The second-order valence-electron chi connectivity index (χ2n) is 4.48. The summed E-state index contributed by atoms with van der Waals surface area (Å²) in [6, 6.07) is 6.33. The van der Waals surface area contributed by atoms with Gasteiger partial charge in [-0.05, 0) is 38.5 Å². The van der Waals surface area contributed by atoms with Crippen LogP contribution < -0.4 is 4.72 Å². The number of hydrogen-bond donors (Lipinski definition) is 1. The van der Waals surface area contributed by atoms with E-state index in [1.165, 1.54) is 6.07 Å². The minimum Gasteiger partial charge on any atom is -0.342 e. The van der Waals surface area contributed by atoms with Gasteiger partial charge >= 0.3 is 0 Å². The third kappa shape index (κ3) is 4.28. The van der Waals surface area contributed by atoms with Crippen LogP contribution in [0.5, 0.6) is 0 Å². The first kappa shape index (κ1) is 17.1. The summed E-state index contributed by atoms with van der Waals surface area (Å²) >= 11 is 0. The Labute approximate surface area is 125 Å². The predicted molar refractivity (Wildman–Crippen MR) is 79.0 cm³/mol. The monoisotopic (exact) mass is 309 g/mol. The number of sulfonamides is 1. The van der Waals surface area contributed by atoms with Crippen molar-refractivity contribution in [2.45, 2.75) is 25.7 Å². The topological polar surface area (TPSA) is 90.3 Å². The van der Waals surface area contributed by atoms with Gasteiger partial charge in [0.05, 0.1) is 23.1 Å². The lowest BCUT2D eigenvalue weighted by Crippen LogP contribution is -2.40. The molecule has 0 aromatic heterocycles. The number of carbonyl (C=O) groups is 1. The van der Waals surface area contributed by atoms with Gasteiger partial charge in [-0.2, -0.15) is 5.26 Å². The minimum atomic E-state index is -3.82. The van der Waals surface area contributed by atoms with E-state index in [1.807, 2.05) is 19.9 Å². The fourth-order valence-corrected chi connectivity index (χ4v) is 3.12. The number of amides is 1. The number of benzene rings is 1. The van der Waals surface area contributed by atoms with Crippen LogP contribution in [0.25, 0.3) is 0 Å². The third-order valence-corrected chi connectivity index (χ3v) is 4.68. The van der Waals surface area contributed by atoms with Gasteiger partial charge in [0.2, 0.25) is 15.9 Å². The molecule has 1 N–H and O–H groups in total. The first-order valence-electron chi connectivity index (χ1n) is 6.63. The summed E-state index contributed by atoms with van der Waals surface area (Å²) in [4.78, 5) is 13.4. The molecule has 0 aliphatic carbocycles. The molecule has 0 aliphatic rings. The number of hydrogen-bond acceptors (Lipinski definition) is 4. The average Bonchev–Trinajstić information content (AvgIpc) is 2.47. The van der Waals surface area contributed by atoms with Crippen molar-refractivity contribution < 1.29 is 13.2 Å². The van der Waals surface area contributed by atoms with Crippen LogP contribution in [0.2, 0.25) is 0 Å². The van der Waals surface area contributed by atoms with Crippen LogP contribution in [0, 0.1) is 18.3 Å². The Morgan fingerprint density at radius 2 is 1.95 bits per heavy atom. The first-order chi connectivity index (χ1) is 9.85. The maximum atomic E-state index is 12.2. The molecule has 0 unspecified atom stereocenters. The van der Waals surface area contributed by atoms with Gasteiger partial charge in [-0.15, -0.1) is 0 Å². The van der Waals surface area contributed by atoms with Gasteiger partial charge in [0.25, 0.3) is 0 Å². The molecule has 0 saturated heterocycles. The zero-order chi connectivity index (χ0) is 16.0. The Morgan fingerprint density at radius 3 is 2.48 bits per heavy atom. The van der Waals surface area contributed by atoms with E-state index in [1.54, 1.807) is 24.0 Å². The molecule has 0 aliphatic heterocycles. The smallest absolute Gasteiger partial charge is 0.241 e. The van der Waals surface area contributed by atoms with Gasteiger partial charge in [-0.25, -0.2) is 13.1 Å². The molecule has 0 saturated carbocycles. The number of carbonyl (C=O) groups excluding carboxylic acids is 1. The Morgan fingerprint density at radius 1 is 1.33 bits per heavy atom. The SMILES string of the molecule is CCN(CC)C(=O)CNS(=O)(=O)c1cc(C#N)ccc1C. The zero-order valence-corrected chi connectivity index (χ0v) is 13.2. The van der Waals surface area contributed by atoms with Gasteiger partial charge < -0.3 is 4.90 Å². The van der Waals surface area contributed by atoms with Crippen LogP contribution in [-0.2, 0) is 14.8 Å². The van der Waals surface area contributed by atoms with E-state index < -0.39 is 10.0 Å². The number of rotatable bonds is 6. The largest absolute Gasteiger partial charge is 0.342 e. The molecule has 0 spiro atoms.